The zero-order valence-electron chi connectivity index (χ0n) is 18.3. The Morgan fingerprint density at radius 3 is 2.10 bits per heavy atom. The second-order valence-corrected chi connectivity index (χ2v) is 9.48. The number of phenols is 1. The van der Waals surface area contributed by atoms with E-state index in [1.807, 2.05) is 32.0 Å². The molecule has 0 unspecified atom stereocenters. The molecular weight excluding hydrogens is 387 g/mol. The minimum Gasteiger partial charge on any atom is -0.508 e. The minimum absolute atomic E-state index is 0.109. The topological polar surface area (TPSA) is 65.0 Å². The van der Waals surface area contributed by atoms with E-state index in [0.29, 0.717) is 24.7 Å². The van der Waals surface area contributed by atoms with E-state index in [2.05, 4.69) is 19.9 Å². The Morgan fingerprint density at radius 2 is 1.59 bits per heavy atom. The number of aryl methyl sites for hydroxylation is 2. The lowest BCUT2D eigenvalue weighted by molar-refractivity contribution is 0.197. The Labute approximate surface area is 174 Å². The average Bonchev–Trinajstić information content (AvgIpc) is 2.64. The fourth-order valence-electron chi connectivity index (χ4n) is 3.36. The number of rotatable bonds is 10. The van der Waals surface area contributed by atoms with E-state index in [-0.39, 0.29) is 12.3 Å². The van der Waals surface area contributed by atoms with Gasteiger partial charge in [-0.25, -0.2) is 0 Å². The van der Waals surface area contributed by atoms with Gasteiger partial charge in [-0.15, -0.1) is 0 Å². The van der Waals surface area contributed by atoms with Gasteiger partial charge >= 0.3 is 7.60 Å². The summed E-state index contributed by atoms with van der Waals surface area (Å²) in [6.07, 6.45) is 0.664. The van der Waals surface area contributed by atoms with Crippen LogP contribution in [0.15, 0.2) is 30.3 Å². The Kier molecular flexibility index (Phi) is 8.33. The van der Waals surface area contributed by atoms with Crippen molar-refractivity contribution in [2.75, 3.05) is 19.6 Å². The molecule has 2 rings (SSSR count). The number of hydrogen-bond acceptors (Lipinski definition) is 5. The SMILES string of the molecule is CCOP(=O)(COc1cc(C)c(Cc2ccc(O)c(C(C)C)c2)c(C)c1)OCC. The molecule has 0 atom stereocenters. The molecule has 5 nitrogen and oxygen atoms in total. The summed E-state index contributed by atoms with van der Waals surface area (Å²) in [6, 6.07) is 9.71. The summed E-state index contributed by atoms with van der Waals surface area (Å²) in [5.74, 6) is 1.25. The zero-order chi connectivity index (χ0) is 21.6. The van der Waals surface area contributed by atoms with Crippen molar-refractivity contribution in [3.05, 3.63) is 58.1 Å². The normalized spacial score (nSPS) is 11.8. The molecule has 0 aromatic heterocycles. The molecule has 0 spiro atoms. The number of hydrogen-bond donors (Lipinski definition) is 1. The Morgan fingerprint density at radius 1 is 1.00 bits per heavy atom. The molecule has 0 amide bonds. The van der Waals surface area contributed by atoms with Gasteiger partial charge in [-0.3, -0.25) is 4.57 Å². The molecule has 6 heteroatoms. The molecule has 160 valence electrons. The largest absolute Gasteiger partial charge is 0.508 e. The molecule has 0 fully saturated rings. The molecule has 1 N–H and O–H groups in total. The van der Waals surface area contributed by atoms with Gasteiger partial charge in [0.1, 0.15) is 11.5 Å². The molecule has 0 saturated heterocycles. The van der Waals surface area contributed by atoms with Crippen LogP contribution in [-0.4, -0.2) is 24.7 Å². The van der Waals surface area contributed by atoms with Gasteiger partial charge in [0.25, 0.3) is 0 Å². The van der Waals surface area contributed by atoms with Crippen molar-refractivity contribution >= 4 is 7.60 Å². The molecule has 0 radical (unpaired) electrons. The predicted molar refractivity (Wildman–Crippen MR) is 117 cm³/mol. The van der Waals surface area contributed by atoms with Crippen molar-refractivity contribution < 1.29 is 23.5 Å². The van der Waals surface area contributed by atoms with Gasteiger partial charge in [0.2, 0.25) is 0 Å². The summed E-state index contributed by atoms with van der Waals surface area (Å²) in [5, 5.41) is 10.1. The minimum atomic E-state index is -3.25. The lowest BCUT2D eigenvalue weighted by Gasteiger charge is -2.19. The molecule has 2 aromatic carbocycles. The summed E-state index contributed by atoms with van der Waals surface area (Å²) in [5.41, 5.74) is 5.53. The summed E-state index contributed by atoms with van der Waals surface area (Å²) >= 11 is 0. The van der Waals surface area contributed by atoms with Crippen LogP contribution >= 0.6 is 7.60 Å². The average molecular weight is 420 g/mol. The lowest BCUT2D eigenvalue weighted by Crippen LogP contribution is -2.06. The first-order chi connectivity index (χ1) is 13.7. The van der Waals surface area contributed by atoms with Crippen LogP contribution in [0.4, 0.5) is 0 Å². The predicted octanol–water partition coefficient (Wildman–Crippen LogP) is 6.33. The fraction of sp³-hybridized carbons (Fsp3) is 0.478. The molecule has 0 aliphatic heterocycles. The van der Waals surface area contributed by atoms with Crippen LogP contribution in [-0.2, 0) is 20.0 Å². The van der Waals surface area contributed by atoms with Crippen LogP contribution in [0.2, 0.25) is 0 Å². The molecule has 0 heterocycles. The lowest BCUT2D eigenvalue weighted by atomic mass is 9.93. The van der Waals surface area contributed by atoms with Crippen LogP contribution < -0.4 is 4.74 Å². The van der Waals surface area contributed by atoms with Gasteiger partial charge in [-0.05, 0) is 86.1 Å². The van der Waals surface area contributed by atoms with Gasteiger partial charge in [-0.1, -0.05) is 26.0 Å². The maximum atomic E-state index is 12.6. The standard InChI is InChI=1S/C23H33O5P/c1-7-27-29(25,28-8-2)15-26-20-11-17(5)22(18(6)12-20)14-19-9-10-23(24)21(13-19)16(3)4/h9-13,16,24H,7-8,14-15H2,1-6H3. The quantitative estimate of drug-likeness (QED) is 0.455. The number of benzene rings is 2. The van der Waals surface area contributed by atoms with Crippen LogP contribution in [0.1, 0.15) is 61.4 Å². The number of phenolic OH excluding ortho intramolecular Hbond substituents is 1. The third kappa shape index (κ3) is 6.33. The van der Waals surface area contributed by atoms with Crippen molar-refractivity contribution in [1.82, 2.24) is 0 Å². The highest BCUT2D eigenvalue weighted by Gasteiger charge is 2.25. The summed E-state index contributed by atoms with van der Waals surface area (Å²) in [7, 11) is -3.25. The second-order valence-electron chi connectivity index (χ2n) is 7.48. The van der Waals surface area contributed by atoms with E-state index in [1.165, 1.54) is 5.56 Å². The van der Waals surface area contributed by atoms with E-state index in [1.54, 1.807) is 19.9 Å². The first-order valence-electron chi connectivity index (χ1n) is 10.1. The molecule has 0 saturated carbocycles. The van der Waals surface area contributed by atoms with Crippen molar-refractivity contribution in [2.24, 2.45) is 0 Å². The van der Waals surface area contributed by atoms with Crippen molar-refractivity contribution in [3.8, 4) is 11.5 Å². The third-order valence-electron chi connectivity index (χ3n) is 4.81. The highest BCUT2D eigenvalue weighted by molar-refractivity contribution is 7.53. The van der Waals surface area contributed by atoms with Gasteiger partial charge in [0, 0.05) is 0 Å². The van der Waals surface area contributed by atoms with Crippen LogP contribution in [0, 0.1) is 13.8 Å². The van der Waals surface area contributed by atoms with E-state index < -0.39 is 7.60 Å². The van der Waals surface area contributed by atoms with Gasteiger partial charge in [-0.2, -0.15) is 0 Å². The van der Waals surface area contributed by atoms with E-state index in [0.717, 1.165) is 28.7 Å². The Hall–Kier alpha value is -1.81. The molecule has 0 aliphatic rings. The van der Waals surface area contributed by atoms with E-state index in [4.69, 9.17) is 13.8 Å². The Balaban J connectivity index is 2.19. The van der Waals surface area contributed by atoms with E-state index >= 15 is 0 Å². The van der Waals surface area contributed by atoms with E-state index in [9.17, 15) is 9.67 Å². The smallest absolute Gasteiger partial charge is 0.367 e. The van der Waals surface area contributed by atoms with Crippen molar-refractivity contribution in [3.63, 3.8) is 0 Å². The number of ether oxygens (including phenoxy) is 1. The summed E-state index contributed by atoms with van der Waals surface area (Å²) in [4.78, 5) is 0. The maximum absolute atomic E-state index is 12.6. The maximum Gasteiger partial charge on any atom is 0.367 e. The molecule has 0 bridgehead atoms. The first-order valence-corrected chi connectivity index (χ1v) is 11.8. The van der Waals surface area contributed by atoms with Crippen LogP contribution in [0.25, 0.3) is 0 Å². The monoisotopic (exact) mass is 420 g/mol. The second kappa shape index (κ2) is 10.3. The van der Waals surface area contributed by atoms with Crippen LogP contribution in [0.3, 0.4) is 0 Å². The molecule has 2 aromatic rings. The summed E-state index contributed by atoms with van der Waals surface area (Å²) < 4.78 is 28.9. The molecular formula is C23H33O5P. The fourth-order valence-corrected chi connectivity index (χ4v) is 4.67. The van der Waals surface area contributed by atoms with Gasteiger partial charge in [0.15, 0.2) is 6.35 Å². The van der Waals surface area contributed by atoms with Gasteiger partial charge < -0.3 is 18.9 Å². The zero-order valence-corrected chi connectivity index (χ0v) is 19.2. The van der Waals surface area contributed by atoms with Crippen molar-refractivity contribution in [1.29, 1.82) is 0 Å². The third-order valence-corrected chi connectivity index (χ3v) is 6.55. The van der Waals surface area contributed by atoms with Crippen molar-refractivity contribution in [2.45, 2.75) is 53.9 Å². The van der Waals surface area contributed by atoms with Gasteiger partial charge in [0.05, 0.1) is 13.2 Å². The highest BCUT2D eigenvalue weighted by Crippen LogP contribution is 2.48. The molecule has 29 heavy (non-hydrogen) atoms. The Bertz CT molecular complexity index is 843. The number of aromatic hydroxyl groups is 1. The highest BCUT2D eigenvalue weighted by atomic mass is 31.2. The first kappa shape index (κ1) is 23.5. The van der Waals surface area contributed by atoms with Crippen LogP contribution in [0.5, 0.6) is 11.5 Å². The summed E-state index contributed by atoms with van der Waals surface area (Å²) in [6.45, 7) is 12.4. The molecule has 0 aliphatic carbocycles.